The molecule has 28 heavy (non-hydrogen) atoms. The van der Waals surface area contributed by atoms with E-state index in [0.29, 0.717) is 5.69 Å². The zero-order valence-electron chi connectivity index (χ0n) is 15.0. The third-order valence-electron chi connectivity index (χ3n) is 4.55. The van der Waals surface area contributed by atoms with Crippen LogP contribution < -0.4 is 15.0 Å². The first kappa shape index (κ1) is 17.9. The van der Waals surface area contributed by atoms with Gasteiger partial charge in [-0.3, -0.25) is 19.8 Å². The molecule has 1 heterocycles. The van der Waals surface area contributed by atoms with E-state index in [0.717, 1.165) is 22.1 Å². The molecule has 0 aliphatic carbocycles. The van der Waals surface area contributed by atoms with E-state index in [1.807, 2.05) is 54.6 Å². The third-order valence-corrected chi connectivity index (χ3v) is 4.84. The summed E-state index contributed by atoms with van der Waals surface area (Å²) in [5, 5.41) is 4.46. The van der Waals surface area contributed by atoms with Crippen molar-refractivity contribution >= 4 is 51.7 Å². The molecule has 1 N–H and O–H groups in total. The van der Waals surface area contributed by atoms with Gasteiger partial charge < -0.3 is 4.74 Å². The smallest absolute Gasteiger partial charge is 0.270 e. The molecule has 3 aromatic carbocycles. The first-order valence-corrected chi connectivity index (χ1v) is 9.03. The van der Waals surface area contributed by atoms with Crippen LogP contribution in [0, 0.1) is 0 Å². The monoisotopic (exact) mass is 388 g/mol. The number of hydrogen-bond acceptors (Lipinski definition) is 4. The molecule has 0 bridgehead atoms. The summed E-state index contributed by atoms with van der Waals surface area (Å²) in [5.74, 6) is -0.244. The van der Waals surface area contributed by atoms with Crippen LogP contribution in [-0.2, 0) is 9.59 Å². The molecule has 6 heteroatoms. The number of fused-ring (bicyclic) bond motifs is 1. The van der Waals surface area contributed by atoms with Crippen LogP contribution in [0.3, 0.4) is 0 Å². The molecule has 0 radical (unpaired) electrons. The van der Waals surface area contributed by atoms with E-state index >= 15 is 0 Å². The van der Waals surface area contributed by atoms with Gasteiger partial charge in [-0.25, -0.2) is 0 Å². The van der Waals surface area contributed by atoms with Gasteiger partial charge in [0.1, 0.15) is 11.3 Å². The molecule has 1 aliphatic heterocycles. The summed E-state index contributed by atoms with van der Waals surface area (Å²) in [6.45, 7) is 0. The molecule has 0 atom stereocenters. The summed E-state index contributed by atoms with van der Waals surface area (Å²) in [5.41, 5.74) is 1.37. The van der Waals surface area contributed by atoms with Gasteiger partial charge >= 0.3 is 0 Å². The second-order valence-electron chi connectivity index (χ2n) is 6.20. The number of amides is 2. The van der Waals surface area contributed by atoms with Gasteiger partial charge in [0.2, 0.25) is 0 Å². The van der Waals surface area contributed by atoms with Crippen LogP contribution in [0.1, 0.15) is 5.56 Å². The predicted molar refractivity (Wildman–Crippen MR) is 113 cm³/mol. The molecule has 5 nitrogen and oxygen atoms in total. The number of hydrogen-bond donors (Lipinski definition) is 1. The van der Waals surface area contributed by atoms with Crippen LogP contribution in [0.5, 0.6) is 5.75 Å². The fourth-order valence-corrected chi connectivity index (χ4v) is 3.50. The minimum atomic E-state index is -0.512. The molecule has 1 fully saturated rings. The number of carbonyl (C=O) groups excluding carboxylic acids is 2. The molecule has 4 rings (SSSR count). The maximum atomic E-state index is 13.1. The minimum absolute atomic E-state index is 0.0211. The van der Waals surface area contributed by atoms with Crippen molar-refractivity contribution in [1.29, 1.82) is 0 Å². The van der Waals surface area contributed by atoms with Gasteiger partial charge in [0.25, 0.3) is 11.8 Å². The van der Waals surface area contributed by atoms with Crippen molar-refractivity contribution in [3.63, 3.8) is 0 Å². The normalized spacial score (nSPS) is 15.8. The van der Waals surface area contributed by atoms with Gasteiger partial charge in [-0.05, 0) is 47.4 Å². The molecule has 0 spiro atoms. The van der Waals surface area contributed by atoms with E-state index in [4.69, 9.17) is 17.0 Å². The topological polar surface area (TPSA) is 58.6 Å². The summed E-state index contributed by atoms with van der Waals surface area (Å²) >= 11 is 5.22. The number of para-hydroxylation sites is 1. The summed E-state index contributed by atoms with van der Waals surface area (Å²) in [7, 11) is 1.61. The highest BCUT2D eigenvalue weighted by Crippen LogP contribution is 2.30. The lowest BCUT2D eigenvalue weighted by molar-refractivity contribution is -0.122. The number of methoxy groups -OCH3 is 1. The summed E-state index contributed by atoms with van der Waals surface area (Å²) in [6.07, 6.45) is 1.59. The van der Waals surface area contributed by atoms with Gasteiger partial charge in [-0.15, -0.1) is 0 Å². The summed E-state index contributed by atoms with van der Waals surface area (Å²) in [4.78, 5) is 26.9. The zero-order chi connectivity index (χ0) is 19.7. The Kier molecular flexibility index (Phi) is 4.63. The number of ether oxygens (including phenoxy) is 1. The SMILES string of the molecule is COc1ccc(/C=C2\C(=O)NC(=S)N(c3ccccc3)C2=O)c2ccccc12. The second kappa shape index (κ2) is 7.25. The van der Waals surface area contributed by atoms with Crippen molar-refractivity contribution in [2.45, 2.75) is 0 Å². The van der Waals surface area contributed by atoms with Gasteiger partial charge in [0, 0.05) is 5.39 Å². The van der Waals surface area contributed by atoms with E-state index in [2.05, 4.69) is 5.32 Å². The van der Waals surface area contributed by atoms with Gasteiger partial charge in [-0.1, -0.05) is 48.5 Å². The molecule has 3 aromatic rings. The highest BCUT2D eigenvalue weighted by molar-refractivity contribution is 7.80. The van der Waals surface area contributed by atoms with Gasteiger partial charge in [0.05, 0.1) is 12.8 Å². The first-order chi connectivity index (χ1) is 13.6. The van der Waals surface area contributed by atoms with E-state index in [1.165, 1.54) is 4.90 Å². The van der Waals surface area contributed by atoms with Crippen LogP contribution in [0.4, 0.5) is 5.69 Å². The molecule has 1 saturated heterocycles. The van der Waals surface area contributed by atoms with E-state index in [9.17, 15) is 9.59 Å². The summed E-state index contributed by atoms with van der Waals surface area (Å²) in [6, 6.07) is 20.3. The van der Waals surface area contributed by atoms with Gasteiger partial charge in [-0.2, -0.15) is 0 Å². The zero-order valence-corrected chi connectivity index (χ0v) is 15.8. The van der Waals surface area contributed by atoms with Crippen molar-refractivity contribution in [3.05, 3.63) is 77.9 Å². The lowest BCUT2D eigenvalue weighted by Crippen LogP contribution is -2.54. The van der Waals surface area contributed by atoms with E-state index < -0.39 is 11.8 Å². The largest absolute Gasteiger partial charge is 0.496 e. The molecular weight excluding hydrogens is 372 g/mol. The molecule has 0 aromatic heterocycles. The number of rotatable bonds is 3. The number of carbonyl (C=O) groups is 2. The fourth-order valence-electron chi connectivity index (χ4n) is 3.22. The van der Waals surface area contributed by atoms with Crippen molar-refractivity contribution < 1.29 is 14.3 Å². The Morgan fingerprint density at radius 1 is 0.929 bits per heavy atom. The van der Waals surface area contributed by atoms with Crippen LogP contribution in [0.25, 0.3) is 16.8 Å². The maximum Gasteiger partial charge on any atom is 0.270 e. The first-order valence-electron chi connectivity index (χ1n) is 8.62. The average Bonchev–Trinajstić information content (AvgIpc) is 2.71. The highest BCUT2D eigenvalue weighted by atomic mass is 32.1. The Morgan fingerprint density at radius 3 is 2.32 bits per heavy atom. The number of nitrogens with one attached hydrogen (secondary N) is 1. The molecule has 0 saturated carbocycles. The molecule has 2 amide bonds. The van der Waals surface area contributed by atoms with Crippen LogP contribution in [0.15, 0.2) is 72.3 Å². The molecular formula is C22H16N2O3S. The van der Waals surface area contributed by atoms with E-state index in [1.54, 1.807) is 25.3 Å². The number of anilines is 1. The molecule has 1 aliphatic rings. The minimum Gasteiger partial charge on any atom is -0.496 e. The molecule has 138 valence electrons. The Balaban J connectivity index is 1.83. The number of benzene rings is 3. The fraction of sp³-hybridized carbons (Fsp3) is 0.0455. The number of nitrogens with zero attached hydrogens (tertiary/aromatic N) is 1. The van der Waals surface area contributed by atoms with Crippen LogP contribution in [0.2, 0.25) is 0 Å². The quantitative estimate of drug-likeness (QED) is 0.422. The third kappa shape index (κ3) is 3.04. The Labute approximate surface area is 167 Å². The average molecular weight is 388 g/mol. The lowest BCUT2D eigenvalue weighted by Gasteiger charge is -2.28. The molecule has 0 unspecified atom stereocenters. The standard InChI is InChI=1S/C22H16N2O3S/c1-27-19-12-11-14(16-9-5-6-10-17(16)19)13-18-20(25)23-22(28)24(21(18)26)15-7-3-2-4-8-15/h2-13H,1H3,(H,23,25,28)/b18-13+. The van der Waals surface area contributed by atoms with Crippen molar-refractivity contribution in [2.75, 3.05) is 12.0 Å². The van der Waals surface area contributed by atoms with Crippen molar-refractivity contribution in [3.8, 4) is 5.75 Å². The lowest BCUT2D eigenvalue weighted by atomic mass is 10.00. The Bertz CT molecular complexity index is 1140. The van der Waals surface area contributed by atoms with Crippen LogP contribution >= 0.6 is 12.2 Å². The van der Waals surface area contributed by atoms with Gasteiger partial charge in [0.15, 0.2) is 5.11 Å². The van der Waals surface area contributed by atoms with E-state index in [-0.39, 0.29) is 10.7 Å². The predicted octanol–water partition coefficient (Wildman–Crippen LogP) is 3.68. The van der Waals surface area contributed by atoms with Crippen LogP contribution in [-0.4, -0.2) is 24.0 Å². The Hall–Kier alpha value is -3.51. The maximum absolute atomic E-state index is 13.1. The highest BCUT2D eigenvalue weighted by Gasteiger charge is 2.34. The summed E-state index contributed by atoms with van der Waals surface area (Å²) < 4.78 is 5.41. The van der Waals surface area contributed by atoms with Crippen molar-refractivity contribution in [1.82, 2.24) is 5.32 Å². The Morgan fingerprint density at radius 2 is 1.61 bits per heavy atom. The second-order valence-corrected chi connectivity index (χ2v) is 6.58. The number of thiocarbonyl (C=S) groups is 1. The van der Waals surface area contributed by atoms with Crippen molar-refractivity contribution in [2.24, 2.45) is 0 Å².